The Morgan fingerprint density at radius 1 is 1.12 bits per heavy atom. The van der Waals surface area contributed by atoms with E-state index in [9.17, 15) is 22.8 Å². The zero-order valence-corrected chi connectivity index (χ0v) is 16.9. The molecule has 0 saturated carbocycles. The number of amides is 2. The summed E-state index contributed by atoms with van der Waals surface area (Å²) in [4.78, 5) is 39.2. The second kappa shape index (κ2) is 9.08. The van der Waals surface area contributed by atoms with E-state index in [0.717, 1.165) is 22.5 Å². The number of carbonyl (C=O) groups is 3. The van der Waals surface area contributed by atoms with E-state index in [1.807, 2.05) is 43.3 Å². The molecule has 11 heteroatoms. The largest absolute Gasteiger partial charge is 0.490 e. The highest BCUT2D eigenvalue weighted by Gasteiger charge is 2.38. The Labute approximate surface area is 180 Å². The van der Waals surface area contributed by atoms with Crippen LogP contribution in [0.5, 0.6) is 0 Å². The third-order valence-corrected chi connectivity index (χ3v) is 4.65. The summed E-state index contributed by atoms with van der Waals surface area (Å²) in [6, 6.07) is 15.5. The fraction of sp³-hybridized carbons (Fsp3) is 0.238. The first kappa shape index (κ1) is 22.8. The van der Waals surface area contributed by atoms with Gasteiger partial charge >= 0.3 is 12.1 Å². The monoisotopic (exact) mass is 448 g/mol. The van der Waals surface area contributed by atoms with Gasteiger partial charge in [0.2, 0.25) is 5.91 Å². The molecule has 0 aliphatic carbocycles. The van der Waals surface area contributed by atoms with Gasteiger partial charge in [0.1, 0.15) is 5.82 Å². The van der Waals surface area contributed by atoms with Gasteiger partial charge in [-0.2, -0.15) is 13.2 Å². The number of halogens is 3. The van der Waals surface area contributed by atoms with Crippen LogP contribution in [0.25, 0.3) is 16.7 Å². The van der Waals surface area contributed by atoms with Crippen LogP contribution in [0.3, 0.4) is 0 Å². The molecule has 0 spiro atoms. The molecule has 4 rings (SSSR count). The smallest absolute Gasteiger partial charge is 0.475 e. The summed E-state index contributed by atoms with van der Waals surface area (Å²) in [7, 11) is 0. The number of alkyl halides is 3. The maximum Gasteiger partial charge on any atom is 0.490 e. The van der Waals surface area contributed by atoms with Crippen molar-refractivity contribution in [2.24, 2.45) is 0 Å². The van der Waals surface area contributed by atoms with Crippen LogP contribution in [0.15, 0.2) is 48.5 Å². The number of hydrogen-bond acceptors (Lipinski definition) is 4. The van der Waals surface area contributed by atoms with E-state index in [2.05, 4.69) is 14.9 Å². The summed E-state index contributed by atoms with van der Waals surface area (Å²) in [5.41, 5.74) is 3.32. The fourth-order valence-electron chi connectivity index (χ4n) is 3.23. The van der Waals surface area contributed by atoms with Crippen molar-refractivity contribution >= 4 is 28.8 Å². The van der Waals surface area contributed by atoms with Gasteiger partial charge < -0.3 is 15.3 Å². The molecule has 0 bridgehead atoms. The summed E-state index contributed by atoms with van der Waals surface area (Å²) < 4.78 is 33.8. The predicted octanol–water partition coefficient (Wildman–Crippen LogP) is 2.54. The van der Waals surface area contributed by atoms with Crippen LogP contribution < -0.4 is 5.32 Å². The van der Waals surface area contributed by atoms with Crippen molar-refractivity contribution in [2.45, 2.75) is 13.1 Å². The highest BCUT2D eigenvalue weighted by atomic mass is 19.4. The number of fused-ring (bicyclic) bond motifs is 1. The minimum absolute atomic E-state index is 0.106. The Balaban J connectivity index is 0.000000360. The first-order chi connectivity index (χ1) is 15.1. The van der Waals surface area contributed by atoms with Crippen molar-refractivity contribution in [1.29, 1.82) is 0 Å². The predicted molar refractivity (Wildman–Crippen MR) is 108 cm³/mol. The molecule has 0 unspecified atom stereocenters. The molecular weight excluding hydrogens is 429 g/mol. The molecule has 1 saturated heterocycles. The SMILES string of the molecule is Cc1nc2cc(C(=O)N3CCNC(=O)C3)ccc2n1-c1ccccc1.O=C(O)C(F)(F)F. The molecule has 2 amide bonds. The molecule has 0 radical (unpaired) electrons. The lowest BCUT2D eigenvalue weighted by molar-refractivity contribution is -0.192. The molecule has 2 heterocycles. The number of aliphatic carboxylic acids is 1. The topological polar surface area (TPSA) is 105 Å². The van der Waals surface area contributed by atoms with Gasteiger partial charge in [-0.15, -0.1) is 0 Å². The van der Waals surface area contributed by atoms with E-state index in [4.69, 9.17) is 9.90 Å². The van der Waals surface area contributed by atoms with Crippen LogP contribution in [-0.2, 0) is 9.59 Å². The van der Waals surface area contributed by atoms with Crippen molar-refractivity contribution in [3.05, 3.63) is 59.9 Å². The van der Waals surface area contributed by atoms with Gasteiger partial charge in [-0.05, 0) is 37.3 Å². The number of nitrogens with zero attached hydrogens (tertiary/aromatic N) is 3. The Morgan fingerprint density at radius 3 is 2.38 bits per heavy atom. The number of carbonyl (C=O) groups excluding carboxylic acids is 2. The van der Waals surface area contributed by atoms with Crippen molar-refractivity contribution in [3.63, 3.8) is 0 Å². The number of aromatic nitrogens is 2. The van der Waals surface area contributed by atoms with Crippen molar-refractivity contribution < 1.29 is 32.7 Å². The van der Waals surface area contributed by atoms with Crippen LogP contribution in [0, 0.1) is 6.92 Å². The third kappa shape index (κ3) is 5.05. The lowest BCUT2D eigenvalue weighted by Gasteiger charge is -2.26. The zero-order valence-electron chi connectivity index (χ0n) is 16.9. The maximum absolute atomic E-state index is 12.7. The summed E-state index contributed by atoms with van der Waals surface area (Å²) in [6.45, 7) is 3.08. The van der Waals surface area contributed by atoms with Gasteiger partial charge in [0.15, 0.2) is 0 Å². The zero-order chi connectivity index (χ0) is 23.5. The molecule has 8 nitrogen and oxygen atoms in total. The highest BCUT2D eigenvalue weighted by molar-refractivity contribution is 5.99. The molecule has 2 N–H and O–H groups in total. The summed E-state index contributed by atoms with van der Waals surface area (Å²) in [6.07, 6.45) is -5.08. The van der Waals surface area contributed by atoms with Crippen molar-refractivity contribution in [1.82, 2.24) is 19.8 Å². The highest BCUT2D eigenvalue weighted by Crippen LogP contribution is 2.23. The Kier molecular flexibility index (Phi) is 6.47. The third-order valence-electron chi connectivity index (χ3n) is 4.65. The number of nitrogens with one attached hydrogen (secondary N) is 1. The van der Waals surface area contributed by atoms with E-state index in [-0.39, 0.29) is 18.4 Å². The van der Waals surface area contributed by atoms with Gasteiger partial charge in [0.25, 0.3) is 5.91 Å². The summed E-state index contributed by atoms with van der Waals surface area (Å²) in [5.74, 6) is -2.15. The van der Waals surface area contributed by atoms with E-state index in [1.165, 1.54) is 0 Å². The Hall–Kier alpha value is -3.89. The van der Waals surface area contributed by atoms with Gasteiger partial charge in [0.05, 0.1) is 17.6 Å². The number of hydrogen-bond donors (Lipinski definition) is 2. The van der Waals surface area contributed by atoms with Crippen LogP contribution in [0.1, 0.15) is 16.2 Å². The average Bonchev–Trinajstić information content (AvgIpc) is 3.08. The first-order valence-electron chi connectivity index (χ1n) is 9.48. The minimum Gasteiger partial charge on any atom is -0.475 e. The molecular formula is C21H19F3N4O4. The molecule has 1 aliphatic heterocycles. The van der Waals surface area contributed by atoms with E-state index in [0.29, 0.717) is 18.7 Å². The number of aryl methyl sites for hydroxylation is 1. The second-order valence-corrected chi connectivity index (χ2v) is 6.91. The van der Waals surface area contributed by atoms with E-state index < -0.39 is 12.1 Å². The Bertz CT molecular complexity index is 1160. The minimum atomic E-state index is -5.08. The molecule has 168 valence electrons. The number of para-hydroxylation sites is 1. The molecule has 2 aromatic carbocycles. The number of benzene rings is 2. The molecule has 32 heavy (non-hydrogen) atoms. The van der Waals surface area contributed by atoms with Crippen LogP contribution >= 0.6 is 0 Å². The van der Waals surface area contributed by atoms with Crippen LogP contribution in [0.2, 0.25) is 0 Å². The van der Waals surface area contributed by atoms with Gasteiger partial charge in [-0.1, -0.05) is 18.2 Å². The lowest BCUT2D eigenvalue weighted by atomic mass is 10.1. The quantitative estimate of drug-likeness (QED) is 0.627. The van der Waals surface area contributed by atoms with Gasteiger partial charge in [-0.3, -0.25) is 14.2 Å². The second-order valence-electron chi connectivity index (χ2n) is 6.91. The number of carboxylic acid groups (broad SMARTS) is 1. The van der Waals surface area contributed by atoms with Crippen molar-refractivity contribution in [2.75, 3.05) is 19.6 Å². The summed E-state index contributed by atoms with van der Waals surface area (Å²) in [5, 5.41) is 9.85. The number of carboxylic acids is 1. The standard InChI is InChI=1S/C19H18N4O2.C2HF3O2/c1-13-21-16-11-14(19(25)22-10-9-20-18(24)12-22)7-8-17(16)23(13)15-5-3-2-4-6-15;3-2(4,5)1(6)7/h2-8,11H,9-10,12H2,1H3,(H,20,24);(H,6,7). The molecule has 1 aromatic heterocycles. The first-order valence-corrected chi connectivity index (χ1v) is 9.48. The number of rotatable bonds is 2. The van der Waals surface area contributed by atoms with Crippen LogP contribution in [0.4, 0.5) is 13.2 Å². The maximum atomic E-state index is 12.7. The van der Waals surface area contributed by atoms with E-state index >= 15 is 0 Å². The van der Waals surface area contributed by atoms with E-state index in [1.54, 1.807) is 17.0 Å². The van der Waals surface area contributed by atoms with Crippen LogP contribution in [-0.4, -0.2) is 63.2 Å². The fourth-order valence-corrected chi connectivity index (χ4v) is 3.23. The lowest BCUT2D eigenvalue weighted by Crippen LogP contribution is -2.49. The average molecular weight is 448 g/mol. The molecule has 1 aliphatic rings. The van der Waals surface area contributed by atoms with Crippen molar-refractivity contribution in [3.8, 4) is 5.69 Å². The van der Waals surface area contributed by atoms with Gasteiger partial charge in [-0.25, -0.2) is 9.78 Å². The molecule has 1 fully saturated rings. The van der Waals surface area contributed by atoms with Gasteiger partial charge in [0, 0.05) is 24.3 Å². The molecule has 0 atom stereocenters. The normalized spacial score (nSPS) is 13.9. The Morgan fingerprint density at radius 2 is 1.78 bits per heavy atom. The summed E-state index contributed by atoms with van der Waals surface area (Å²) >= 11 is 0. The number of imidazole rings is 1. The number of piperazine rings is 1. The molecule has 3 aromatic rings.